The molecule has 0 radical (unpaired) electrons. The Morgan fingerprint density at radius 2 is 1.34 bits per heavy atom. The SMILES string of the molecule is Cc1cc(C)cc(NC(=O)CNc2ccc(OCCOc3ccccc3)cc2)c1. The van der Waals surface area contributed by atoms with Gasteiger partial charge in [0.15, 0.2) is 0 Å². The number of para-hydroxylation sites is 1. The van der Waals surface area contributed by atoms with Crippen molar-refractivity contribution in [3.8, 4) is 11.5 Å². The van der Waals surface area contributed by atoms with Gasteiger partial charge in [-0.05, 0) is 73.5 Å². The number of aryl methyl sites for hydroxylation is 2. The van der Waals surface area contributed by atoms with Crippen molar-refractivity contribution >= 4 is 17.3 Å². The van der Waals surface area contributed by atoms with Crippen LogP contribution in [0.4, 0.5) is 11.4 Å². The molecule has 3 aromatic rings. The number of anilines is 2. The van der Waals surface area contributed by atoms with Gasteiger partial charge in [-0.1, -0.05) is 24.3 Å². The van der Waals surface area contributed by atoms with Gasteiger partial charge in [-0.2, -0.15) is 0 Å². The second kappa shape index (κ2) is 10.2. The Labute approximate surface area is 171 Å². The Morgan fingerprint density at radius 3 is 1.97 bits per heavy atom. The first-order chi connectivity index (χ1) is 14.1. The number of amides is 1. The standard InChI is InChI=1S/C24H26N2O3/c1-18-14-19(2)16-21(15-18)26-24(27)17-25-20-8-10-23(11-9-20)29-13-12-28-22-6-4-3-5-7-22/h3-11,14-16,25H,12-13,17H2,1-2H3,(H,26,27). The molecule has 0 aliphatic rings. The summed E-state index contributed by atoms with van der Waals surface area (Å²) in [4.78, 5) is 12.2. The van der Waals surface area contributed by atoms with Gasteiger partial charge in [-0.3, -0.25) is 4.79 Å². The van der Waals surface area contributed by atoms with Crippen LogP contribution in [0.5, 0.6) is 11.5 Å². The quantitative estimate of drug-likeness (QED) is 0.515. The summed E-state index contributed by atoms with van der Waals surface area (Å²) in [5.41, 5.74) is 3.92. The average Bonchev–Trinajstić information content (AvgIpc) is 2.70. The maximum atomic E-state index is 12.2. The number of benzene rings is 3. The molecule has 0 fully saturated rings. The van der Waals surface area contributed by atoms with Gasteiger partial charge in [0.2, 0.25) is 5.91 Å². The summed E-state index contributed by atoms with van der Waals surface area (Å²) >= 11 is 0. The van der Waals surface area contributed by atoms with Crippen molar-refractivity contribution in [2.24, 2.45) is 0 Å². The molecule has 0 bridgehead atoms. The summed E-state index contributed by atoms with van der Waals surface area (Å²) in [6.07, 6.45) is 0. The second-order valence-corrected chi connectivity index (χ2v) is 6.81. The summed E-state index contributed by atoms with van der Waals surface area (Å²) in [6.45, 7) is 5.15. The highest BCUT2D eigenvalue weighted by Gasteiger charge is 2.04. The molecular weight excluding hydrogens is 364 g/mol. The zero-order valence-corrected chi connectivity index (χ0v) is 16.8. The lowest BCUT2D eigenvalue weighted by molar-refractivity contribution is -0.114. The summed E-state index contributed by atoms with van der Waals surface area (Å²) < 4.78 is 11.3. The molecule has 0 saturated carbocycles. The highest BCUT2D eigenvalue weighted by molar-refractivity contribution is 5.93. The van der Waals surface area contributed by atoms with Crippen LogP contribution in [0.25, 0.3) is 0 Å². The Kier molecular flexibility index (Phi) is 7.11. The zero-order valence-electron chi connectivity index (χ0n) is 16.8. The Balaban J connectivity index is 1.39. The molecule has 1 amide bonds. The van der Waals surface area contributed by atoms with Crippen molar-refractivity contribution in [1.29, 1.82) is 0 Å². The summed E-state index contributed by atoms with van der Waals surface area (Å²) in [5, 5.41) is 6.03. The van der Waals surface area contributed by atoms with E-state index < -0.39 is 0 Å². The molecule has 3 aromatic carbocycles. The third-order valence-corrected chi connectivity index (χ3v) is 4.18. The van der Waals surface area contributed by atoms with Gasteiger partial charge in [0.25, 0.3) is 0 Å². The Bertz CT molecular complexity index is 904. The number of hydrogen-bond acceptors (Lipinski definition) is 4. The number of carbonyl (C=O) groups is 1. The molecule has 2 N–H and O–H groups in total. The second-order valence-electron chi connectivity index (χ2n) is 6.81. The largest absolute Gasteiger partial charge is 0.490 e. The summed E-state index contributed by atoms with van der Waals surface area (Å²) in [5.74, 6) is 1.50. The van der Waals surface area contributed by atoms with E-state index in [-0.39, 0.29) is 12.5 Å². The summed E-state index contributed by atoms with van der Waals surface area (Å²) in [6, 6.07) is 23.1. The number of nitrogens with one attached hydrogen (secondary N) is 2. The topological polar surface area (TPSA) is 59.6 Å². The van der Waals surface area contributed by atoms with Gasteiger partial charge in [0.05, 0.1) is 6.54 Å². The van der Waals surface area contributed by atoms with Crippen LogP contribution < -0.4 is 20.1 Å². The predicted molar refractivity (Wildman–Crippen MR) is 117 cm³/mol. The van der Waals surface area contributed by atoms with E-state index in [2.05, 4.69) is 16.7 Å². The molecule has 0 aliphatic carbocycles. The molecule has 3 rings (SSSR count). The van der Waals surface area contributed by atoms with Crippen LogP contribution in [0, 0.1) is 13.8 Å². The molecule has 5 nitrogen and oxygen atoms in total. The van der Waals surface area contributed by atoms with Crippen LogP contribution in [-0.4, -0.2) is 25.7 Å². The van der Waals surface area contributed by atoms with E-state index in [1.165, 1.54) is 0 Å². The molecule has 150 valence electrons. The smallest absolute Gasteiger partial charge is 0.243 e. The molecule has 0 aliphatic heterocycles. The van der Waals surface area contributed by atoms with E-state index in [0.717, 1.165) is 34.0 Å². The third kappa shape index (κ3) is 6.88. The highest BCUT2D eigenvalue weighted by Crippen LogP contribution is 2.17. The Hall–Kier alpha value is -3.47. The minimum atomic E-state index is -0.0895. The minimum absolute atomic E-state index is 0.0895. The summed E-state index contributed by atoms with van der Waals surface area (Å²) in [7, 11) is 0. The first-order valence-corrected chi connectivity index (χ1v) is 9.61. The maximum absolute atomic E-state index is 12.2. The Morgan fingerprint density at radius 1 is 0.759 bits per heavy atom. The lowest BCUT2D eigenvalue weighted by atomic mass is 10.1. The molecular formula is C24H26N2O3. The van der Waals surface area contributed by atoms with Crippen LogP contribution in [0.2, 0.25) is 0 Å². The number of ether oxygens (including phenoxy) is 2. The fourth-order valence-corrected chi connectivity index (χ4v) is 2.94. The molecule has 0 aromatic heterocycles. The van der Waals surface area contributed by atoms with Gasteiger partial charge < -0.3 is 20.1 Å². The monoisotopic (exact) mass is 390 g/mol. The van der Waals surface area contributed by atoms with E-state index in [0.29, 0.717) is 13.2 Å². The van der Waals surface area contributed by atoms with E-state index >= 15 is 0 Å². The van der Waals surface area contributed by atoms with Gasteiger partial charge in [0, 0.05) is 11.4 Å². The number of rotatable bonds is 9. The van der Waals surface area contributed by atoms with E-state index in [1.807, 2.05) is 80.6 Å². The van der Waals surface area contributed by atoms with Crippen LogP contribution in [0.1, 0.15) is 11.1 Å². The van der Waals surface area contributed by atoms with Gasteiger partial charge in [0.1, 0.15) is 24.7 Å². The molecule has 5 heteroatoms. The van der Waals surface area contributed by atoms with Crippen molar-refractivity contribution in [2.75, 3.05) is 30.4 Å². The lowest BCUT2D eigenvalue weighted by Gasteiger charge is -2.11. The van der Waals surface area contributed by atoms with E-state index in [1.54, 1.807) is 0 Å². The lowest BCUT2D eigenvalue weighted by Crippen LogP contribution is -2.21. The fraction of sp³-hybridized carbons (Fsp3) is 0.208. The van der Waals surface area contributed by atoms with Crippen molar-refractivity contribution in [3.63, 3.8) is 0 Å². The average molecular weight is 390 g/mol. The van der Waals surface area contributed by atoms with Crippen molar-refractivity contribution in [1.82, 2.24) is 0 Å². The van der Waals surface area contributed by atoms with Crippen LogP contribution in [0.15, 0.2) is 72.8 Å². The normalized spacial score (nSPS) is 10.3. The van der Waals surface area contributed by atoms with Crippen LogP contribution >= 0.6 is 0 Å². The first-order valence-electron chi connectivity index (χ1n) is 9.61. The van der Waals surface area contributed by atoms with E-state index in [9.17, 15) is 4.79 Å². The maximum Gasteiger partial charge on any atom is 0.243 e. The van der Waals surface area contributed by atoms with Crippen LogP contribution in [-0.2, 0) is 4.79 Å². The molecule has 0 saturated heterocycles. The first kappa shape index (κ1) is 20.3. The third-order valence-electron chi connectivity index (χ3n) is 4.18. The van der Waals surface area contributed by atoms with Gasteiger partial charge in [-0.25, -0.2) is 0 Å². The predicted octanol–water partition coefficient (Wildman–Crippen LogP) is 4.81. The number of hydrogen-bond donors (Lipinski definition) is 2. The molecule has 0 unspecified atom stereocenters. The zero-order chi connectivity index (χ0) is 20.5. The molecule has 0 heterocycles. The molecule has 0 atom stereocenters. The van der Waals surface area contributed by atoms with Gasteiger partial charge in [-0.15, -0.1) is 0 Å². The van der Waals surface area contributed by atoms with E-state index in [4.69, 9.17) is 9.47 Å². The fourth-order valence-electron chi connectivity index (χ4n) is 2.94. The van der Waals surface area contributed by atoms with Crippen molar-refractivity contribution in [3.05, 3.63) is 83.9 Å². The highest BCUT2D eigenvalue weighted by atomic mass is 16.5. The van der Waals surface area contributed by atoms with Crippen LogP contribution in [0.3, 0.4) is 0 Å². The van der Waals surface area contributed by atoms with Gasteiger partial charge >= 0.3 is 0 Å². The minimum Gasteiger partial charge on any atom is -0.490 e. The molecule has 0 spiro atoms. The number of carbonyl (C=O) groups excluding carboxylic acids is 1. The molecule has 29 heavy (non-hydrogen) atoms. The van der Waals surface area contributed by atoms with Crippen molar-refractivity contribution in [2.45, 2.75) is 13.8 Å². The van der Waals surface area contributed by atoms with Crippen molar-refractivity contribution < 1.29 is 14.3 Å².